The van der Waals surface area contributed by atoms with Crippen LogP contribution in [0, 0.1) is 10.1 Å². The number of amides is 1. The van der Waals surface area contributed by atoms with Crippen LogP contribution in [-0.2, 0) is 9.53 Å². The first-order chi connectivity index (χ1) is 13.5. The van der Waals surface area contributed by atoms with Crippen LogP contribution in [0.5, 0.6) is 0 Å². The van der Waals surface area contributed by atoms with Gasteiger partial charge in [-0.1, -0.05) is 30.3 Å². The van der Waals surface area contributed by atoms with Crippen LogP contribution in [0.2, 0.25) is 0 Å². The lowest BCUT2D eigenvalue weighted by Gasteiger charge is -2.17. The Hall–Kier alpha value is -3.26. The molecule has 0 aliphatic heterocycles. The average molecular weight is 396 g/mol. The van der Waals surface area contributed by atoms with Crippen molar-refractivity contribution in [1.29, 1.82) is 0 Å². The first-order valence-corrected chi connectivity index (χ1v) is 9.57. The Morgan fingerprint density at radius 2 is 1.89 bits per heavy atom. The Balaban J connectivity index is 1.59. The first kappa shape index (κ1) is 18.1. The van der Waals surface area contributed by atoms with Crippen molar-refractivity contribution in [2.24, 2.45) is 0 Å². The molecule has 1 aliphatic carbocycles. The summed E-state index contributed by atoms with van der Waals surface area (Å²) in [6.45, 7) is 0. The molecule has 1 aliphatic rings. The molecule has 3 aromatic rings. The van der Waals surface area contributed by atoms with E-state index in [1.165, 1.54) is 23.5 Å². The lowest BCUT2D eigenvalue weighted by molar-refractivity contribution is -0.384. The molecule has 0 bridgehead atoms. The maximum absolute atomic E-state index is 12.7. The quantitative estimate of drug-likeness (QED) is 0.386. The Labute approximate surface area is 164 Å². The topological polar surface area (TPSA) is 98.5 Å². The molecule has 7 nitrogen and oxygen atoms in total. The molecule has 142 valence electrons. The lowest BCUT2D eigenvalue weighted by Crippen LogP contribution is -2.33. The molecule has 0 radical (unpaired) electrons. The molecule has 1 heterocycles. The van der Waals surface area contributed by atoms with Gasteiger partial charge in [-0.2, -0.15) is 0 Å². The van der Waals surface area contributed by atoms with E-state index in [1.54, 1.807) is 36.4 Å². The van der Waals surface area contributed by atoms with Gasteiger partial charge in [-0.15, -0.1) is 11.3 Å². The molecule has 1 N–H and O–H groups in total. The van der Waals surface area contributed by atoms with Crippen molar-refractivity contribution < 1.29 is 19.2 Å². The van der Waals surface area contributed by atoms with Crippen LogP contribution in [0.1, 0.15) is 34.2 Å². The van der Waals surface area contributed by atoms with Crippen molar-refractivity contribution in [2.75, 3.05) is 0 Å². The molecule has 1 amide bonds. The highest BCUT2D eigenvalue weighted by atomic mass is 32.1. The summed E-state index contributed by atoms with van der Waals surface area (Å²) in [7, 11) is 0. The lowest BCUT2D eigenvalue weighted by atomic mass is 10.1. The summed E-state index contributed by atoms with van der Waals surface area (Å²) < 4.78 is 6.28. The number of fused-ring (bicyclic) bond motifs is 1. The van der Waals surface area contributed by atoms with E-state index < -0.39 is 17.0 Å². The number of benzene rings is 2. The molecule has 4 rings (SSSR count). The van der Waals surface area contributed by atoms with Gasteiger partial charge in [0, 0.05) is 33.8 Å². The van der Waals surface area contributed by atoms with Gasteiger partial charge in [0.2, 0.25) is 6.10 Å². The number of hydrogen-bond donors (Lipinski definition) is 1. The van der Waals surface area contributed by atoms with Crippen LogP contribution in [0.25, 0.3) is 10.1 Å². The molecule has 0 spiro atoms. The fourth-order valence-electron chi connectivity index (χ4n) is 2.82. The average Bonchev–Trinajstić information content (AvgIpc) is 3.40. The number of ether oxygens (including phenoxy) is 1. The number of non-ortho nitro benzene ring substituents is 1. The van der Waals surface area contributed by atoms with Crippen molar-refractivity contribution in [2.45, 2.75) is 25.0 Å². The van der Waals surface area contributed by atoms with Crippen LogP contribution in [0.4, 0.5) is 5.69 Å². The van der Waals surface area contributed by atoms with Crippen molar-refractivity contribution in [3.63, 3.8) is 0 Å². The number of nitrogens with one attached hydrogen (secondary N) is 1. The van der Waals surface area contributed by atoms with Crippen LogP contribution in [0.15, 0.2) is 54.6 Å². The third kappa shape index (κ3) is 3.86. The van der Waals surface area contributed by atoms with Gasteiger partial charge in [-0.05, 0) is 25.0 Å². The van der Waals surface area contributed by atoms with E-state index in [2.05, 4.69) is 5.32 Å². The van der Waals surface area contributed by atoms with Gasteiger partial charge >= 0.3 is 5.97 Å². The van der Waals surface area contributed by atoms with Crippen LogP contribution >= 0.6 is 11.3 Å². The molecule has 1 fully saturated rings. The second-order valence-corrected chi connectivity index (χ2v) is 7.65. The van der Waals surface area contributed by atoms with E-state index in [4.69, 9.17) is 4.74 Å². The van der Waals surface area contributed by atoms with Gasteiger partial charge in [-0.3, -0.25) is 14.9 Å². The highest BCUT2D eigenvalue weighted by Gasteiger charge is 2.31. The summed E-state index contributed by atoms with van der Waals surface area (Å²) in [6, 6.07) is 14.9. The van der Waals surface area contributed by atoms with Crippen LogP contribution < -0.4 is 5.32 Å². The molecular formula is C20H16N2O5S. The molecular weight excluding hydrogens is 380 g/mol. The predicted molar refractivity (Wildman–Crippen MR) is 104 cm³/mol. The Bertz CT molecular complexity index is 1060. The Kier molecular flexibility index (Phi) is 4.79. The smallest absolute Gasteiger partial charge is 0.349 e. The van der Waals surface area contributed by atoms with Gasteiger partial charge in [0.05, 0.1) is 4.92 Å². The molecule has 1 saturated carbocycles. The van der Waals surface area contributed by atoms with Crippen molar-refractivity contribution in [3.05, 3.63) is 75.2 Å². The minimum atomic E-state index is -1.05. The Morgan fingerprint density at radius 3 is 2.57 bits per heavy atom. The summed E-state index contributed by atoms with van der Waals surface area (Å²) in [6.07, 6.45) is 0.806. The number of nitro groups is 1. The molecule has 1 aromatic heterocycles. The van der Waals surface area contributed by atoms with Gasteiger partial charge in [0.25, 0.3) is 11.6 Å². The number of rotatable bonds is 6. The first-order valence-electron chi connectivity index (χ1n) is 8.75. The van der Waals surface area contributed by atoms with Crippen molar-refractivity contribution >= 4 is 39.0 Å². The zero-order chi connectivity index (χ0) is 19.7. The third-order valence-electron chi connectivity index (χ3n) is 4.40. The maximum Gasteiger partial charge on any atom is 0.349 e. The normalized spacial score (nSPS) is 14.4. The zero-order valence-electron chi connectivity index (χ0n) is 14.7. The number of carbonyl (C=O) groups excluding carboxylic acids is 2. The highest BCUT2D eigenvalue weighted by molar-refractivity contribution is 7.20. The highest BCUT2D eigenvalue weighted by Crippen LogP contribution is 2.31. The molecule has 0 saturated heterocycles. The minimum absolute atomic E-state index is 0.0452. The number of thiophene rings is 1. The third-order valence-corrected chi connectivity index (χ3v) is 5.50. The summed E-state index contributed by atoms with van der Waals surface area (Å²) in [4.78, 5) is 36.0. The minimum Gasteiger partial charge on any atom is -0.443 e. The van der Waals surface area contributed by atoms with Crippen LogP contribution in [-0.4, -0.2) is 22.8 Å². The molecule has 28 heavy (non-hydrogen) atoms. The summed E-state index contributed by atoms with van der Waals surface area (Å²) in [5.74, 6) is -0.984. The molecule has 2 aromatic carbocycles. The fraction of sp³-hybridized carbons (Fsp3) is 0.200. The number of carbonyl (C=O) groups is 2. The van der Waals surface area contributed by atoms with Gasteiger partial charge in [0.1, 0.15) is 4.88 Å². The molecule has 0 unspecified atom stereocenters. The van der Waals surface area contributed by atoms with E-state index in [-0.39, 0.29) is 22.5 Å². The summed E-state index contributed by atoms with van der Waals surface area (Å²) in [5, 5.41) is 14.4. The van der Waals surface area contributed by atoms with E-state index in [1.807, 2.05) is 6.07 Å². The van der Waals surface area contributed by atoms with Crippen molar-refractivity contribution in [1.82, 2.24) is 5.32 Å². The number of hydrogen-bond acceptors (Lipinski definition) is 6. The van der Waals surface area contributed by atoms with Gasteiger partial charge < -0.3 is 10.1 Å². The fourth-order valence-corrected chi connectivity index (χ4v) is 3.74. The zero-order valence-corrected chi connectivity index (χ0v) is 15.5. The summed E-state index contributed by atoms with van der Waals surface area (Å²) >= 11 is 1.17. The maximum atomic E-state index is 12.7. The number of esters is 1. The largest absolute Gasteiger partial charge is 0.443 e. The van der Waals surface area contributed by atoms with Gasteiger partial charge in [-0.25, -0.2) is 4.79 Å². The molecule has 8 heteroatoms. The van der Waals surface area contributed by atoms with Crippen LogP contribution in [0.3, 0.4) is 0 Å². The van der Waals surface area contributed by atoms with E-state index in [9.17, 15) is 19.7 Å². The second kappa shape index (κ2) is 7.40. The standard InChI is InChI=1S/C20H16N2O5S/c23-19(21-14-6-7-14)18(12-4-2-1-3-5-12)27-20(24)17-11-13-10-15(22(25)26)8-9-16(13)28-17/h1-5,8-11,14,18H,6-7H2,(H,21,23)/t18-/m0/s1. The summed E-state index contributed by atoms with van der Waals surface area (Å²) in [5.41, 5.74) is 0.543. The van der Waals surface area contributed by atoms with Crippen molar-refractivity contribution in [3.8, 4) is 0 Å². The molecule has 1 atom stereocenters. The van der Waals surface area contributed by atoms with E-state index in [0.29, 0.717) is 10.9 Å². The number of nitro benzene ring substituents is 1. The van der Waals surface area contributed by atoms with E-state index in [0.717, 1.165) is 17.5 Å². The predicted octanol–water partition coefficient (Wildman–Crippen LogP) is 3.99. The Morgan fingerprint density at radius 1 is 1.14 bits per heavy atom. The number of nitrogens with zero attached hydrogens (tertiary/aromatic N) is 1. The SMILES string of the molecule is O=C(O[C@H](C(=O)NC1CC1)c1ccccc1)c1cc2cc([N+](=O)[O-])ccc2s1. The van der Waals surface area contributed by atoms with E-state index >= 15 is 0 Å². The second-order valence-electron chi connectivity index (χ2n) is 6.57. The monoisotopic (exact) mass is 396 g/mol. The van der Waals surface area contributed by atoms with Gasteiger partial charge in [0.15, 0.2) is 0 Å².